The average molecular weight is 851 g/mol. The minimum Gasteiger partial charge on any atom is -0.872 e. The zero-order chi connectivity index (χ0) is 40.8. The van der Waals surface area contributed by atoms with E-state index in [0.29, 0.717) is 35.5 Å². The molecule has 10 nitrogen and oxygen atoms in total. The van der Waals surface area contributed by atoms with E-state index in [2.05, 4.69) is 13.8 Å². The van der Waals surface area contributed by atoms with Crippen LogP contribution in [0.3, 0.4) is 0 Å². The Kier molecular flexibility index (Phi) is 23.8. The molecule has 0 heterocycles. The largest absolute Gasteiger partial charge is 2.00 e. The summed E-state index contributed by atoms with van der Waals surface area (Å²) in [5.41, 5.74) is 1.23. The van der Waals surface area contributed by atoms with Crippen LogP contribution in [0.15, 0.2) is 94.7 Å². The summed E-state index contributed by atoms with van der Waals surface area (Å²) in [6.07, 6.45) is 19.6. The van der Waals surface area contributed by atoms with Gasteiger partial charge in [-0.25, -0.2) is 8.42 Å². The van der Waals surface area contributed by atoms with Gasteiger partial charge in [0.15, 0.2) is 10.6 Å². The molecule has 0 bridgehead atoms. The Labute approximate surface area is 370 Å². The van der Waals surface area contributed by atoms with Crippen molar-refractivity contribution in [3.8, 4) is 34.5 Å². The van der Waals surface area contributed by atoms with Crippen molar-refractivity contribution in [2.45, 2.75) is 139 Å². The van der Waals surface area contributed by atoms with Gasteiger partial charge >= 0.3 is 47.9 Å². The number of aromatic hydroxyl groups is 1. The summed E-state index contributed by atoms with van der Waals surface area (Å²) in [6, 6.07) is 23.0. The number of phenols is 1. The van der Waals surface area contributed by atoms with Gasteiger partial charge in [-0.2, -0.15) is 8.42 Å². The van der Waals surface area contributed by atoms with Crippen molar-refractivity contribution in [2.24, 2.45) is 0 Å². The first-order chi connectivity index (χ1) is 26.9. The van der Waals surface area contributed by atoms with Gasteiger partial charge < -0.3 is 24.2 Å². The molecule has 4 aromatic rings. The Balaban J connectivity index is 0.000000387. The van der Waals surface area contributed by atoms with Gasteiger partial charge in [0, 0.05) is 0 Å². The molecule has 0 radical (unpaired) electrons. The monoisotopic (exact) mass is 850 g/mol. The van der Waals surface area contributed by atoms with E-state index < -0.39 is 41.5 Å². The second-order valence-electron chi connectivity index (χ2n) is 14.0. The smallest absolute Gasteiger partial charge is 0.872 e. The number of rotatable bonds is 24. The van der Waals surface area contributed by atoms with Gasteiger partial charge in [-0.3, -0.25) is 4.55 Å². The Morgan fingerprint density at radius 2 is 0.895 bits per heavy atom. The summed E-state index contributed by atoms with van der Waals surface area (Å²) < 4.78 is 79.8. The molecule has 2 N–H and O–H groups in total. The third-order valence-electron chi connectivity index (χ3n) is 9.36. The first-order valence-corrected chi connectivity index (χ1v) is 22.8. The number of para-hydroxylation sites is 2. The van der Waals surface area contributed by atoms with E-state index in [-0.39, 0.29) is 49.2 Å². The molecule has 4 aromatic carbocycles. The van der Waals surface area contributed by atoms with Crippen LogP contribution in [0, 0.1) is 0 Å². The summed E-state index contributed by atoms with van der Waals surface area (Å²) in [6.45, 7) is 4.40. The molecule has 0 aliphatic carbocycles. The molecule has 0 atom stereocenters. The Hall–Kier alpha value is -2.84. The van der Waals surface area contributed by atoms with Crippen LogP contribution in [0.4, 0.5) is 0 Å². The molecule has 0 saturated carbocycles. The van der Waals surface area contributed by atoms with E-state index >= 15 is 0 Å². The molecular formula is C44H58CaO10S2. The number of hydrogen-bond donors (Lipinski definition) is 2. The van der Waals surface area contributed by atoms with Crippen LogP contribution >= 0.6 is 0 Å². The fraction of sp³-hybridized carbons (Fsp3) is 0.455. The van der Waals surface area contributed by atoms with Gasteiger partial charge in [0.05, 0.1) is 4.90 Å². The molecule has 0 aliphatic rings. The summed E-state index contributed by atoms with van der Waals surface area (Å²) >= 11 is 0. The first-order valence-electron chi connectivity index (χ1n) is 19.9. The van der Waals surface area contributed by atoms with Crippen LogP contribution in [-0.4, -0.2) is 68.8 Å². The number of hydrogen-bond acceptors (Lipinski definition) is 9. The van der Waals surface area contributed by atoms with Crippen molar-refractivity contribution in [1.29, 1.82) is 0 Å². The summed E-state index contributed by atoms with van der Waals surface area (Å²) in [4.78, 5) is -1.37. The van der Waals surface area contributed by atoms with Crippen LogP contribution in [0.5, 0.6) is 34.5 Å². The standard InChI is InChI=1S/2C22H30O5S.Ca/c2*1-2-3-4-5-6-7-8-10-13-18-16-17-20(23)22(28(24,25)26)21(18)27-19-14-11-9-12-15-19;/h2*9,11-12,14-17,23H,2-8,10,13H2,1H3,(H,24,25,26);/q;;+2/p-2. The second-order valence-corrected chi connectivity index (χ2v) is 16.7. The summed E-state index contributed by atoms with van der Waals surface area (Å²) in [5, 5.41) is 22.1. The fourth-order valence-corrected chi connectivity index (χ4v) is 7.85. The third kappa shape index (κ3) is 18.3. The van der Waals surface area contributed by atoms with E-state index in [9.17, 15) is 36.2 Å². The van der Waals surface area contributed by atoms with E-state index in [1.807, 2.05) is 6.07 Å². The number of ether oxygens (including phenoxy) is 2. The Morgan fingerprint density at radius 1 is 0.526 bits per heavy atom. The molecule has 0 aliphatic heterocycles. The minimum atomic E-state index is -4.94. The molecule has 13 heteroatoms. The van der Waals surface area contributed by atoms with E-state index in [1.54, 1.807) is 66.7 Å². The van der Waals surface area contributed by atoms with Crippen molar-refractivity contribution in [2.75, 3.05) is 0 Å². The van der Waals surface area contributed by atoms with Gasteiger partial charge in [0.2, 0.25) is 0 Å². The predicted molar refractivity (Wildman–Crippen MR) is 223 cm³/mol. The SMILES string of the molecule is CCCCCCCCCCc1ccc(O)c(S(=O)(=O)O)c1Oc1ccccc1.CCCCCCCCCCc1ccc([O-])c(S(=O)(=O)[O-])c1Oc1ccccc1.[Ca+2]. The molecule has 308 valence electrons. The molecule has 0 aromatic heterocycles. The van der Waals surface area contributed by atoms with Gasteiger partial charge in [0.25, 0.3) is 0 Å². The maximum atomic E-state index is 12.1. The Bertz CT molecular complexity index is 1810. The number of unbranched alkanes of at least 4 members (excludes halogenated alkanes) is 14. The van der Waals surface area contributed by atoms with Gasteiger partial charge in [0.1, 0.15) is 33.1 Å². The van der Waals surface area contributed by atoms with E-state index in [4.69, 9.17) is 9.47 Å². The molecule has 0 amide bonds. The minimum absolute atomic E-state index is 0. The molecule has 0 saturated heterocycles. The molecular weight excluding hydrogens is 793 g/mol. The zero-order valence-corrected chi connectivity index (χ0v) is 37.3. The molecule has 57 heavy (non-hydrogen) atoms. The van der Waals surface area contributed by atoms with Crippen LogP contribution in [0.25, 0.3) is 0 Å². The summed E-state index contributed by atoms with van der Waals surface area (Å²) in [7, 11) is -9.57. The molecule has 0 spiro atoms. The normalized spacial score (nSPS) is 11.3. The van der Waals surface area contributed by atoms with Crippen LogP contribution in [-0.2, 0) is 33.1 Å². The zero-order valence-electron chi connectivity index (χ0n) is 33.5. The number of benzene rings is 4. The van der Waals surface area contributed by atoms with Gasteiger partial charge in [-0.15, -0.1) is 0 Å². The van der Waals surface area contributed by atoms with Crippen molar-refractivity contribution >= 4 is 58.0 Å². The van der Waals surface area contributed by atoms with Crippen molar-refractivity contribution in [3.63, 3.8) is 0 Å². The third-order valence-corrected chi connectivity index (χ3v) is 11.2. The van der Waals surface area contributed by atoms with E-state index in [1.165, 1.54) is 70.3 Å². The maximum Gasteiger partial charge on any atom is 2.00 e. The predicted octanol–water partition coefficient (Wildman–Crippen LogP) is 10.9. The summed E-state index contributed by atoms with van der Waals surface area (Å²) in [5.74, 6) is -0.660. The van der Waals surface area contributed by atoms with Crippen LogP contribution in [0.2, 0.25) is 0 Å². The molecule has 0 unspecified atom stereocenters. The first kappa shape index (κ1) is 50.3. The van der Waals surface area contributed by atoms with Crippen molar-refractivity contribution in [3.05, 3.63) is 96.1 Å². The van der Waals surface area contributed by atoms with Crippen molar-refractivity contribution in [1.82, 2.24) is 0 Å². The van der Waals surface area contributed by atoms with E-state index in [0.717, 1.165) is 44.6 Å². The van der Waals surface area contributed by atoms with Crippen LogP contribution < -0.4 is 14.6 Å². The molecule has 0 fully saturated rings. The van der Waals surface area contributed by atoms with Gasteiger partial charge in [-0.05, 0) is 67.1 Å². The number of aryl methyl sites for hydroxylation is 2. The maximum absolute atomic E-state index is 12.1. The topological polar surface area (TPSA) is 173 Å². The number of phenolic OH excluding ortho intramolecular Hbond substituents is 1. The quantitative estimate of drug-likeness (QED) is 0.0392. The van der Waals surface area contributed by atoms with Gasteiger partial charge in [-0.1, -0.05) is 164 Å². The molecule has 4 rings (SSSR count). The van der Waals surface area contributed by atoms with Crippen LogP contribution in [0.1, 0.15) is 128 Å². The van der Waals surface area contributed by atoms with Crippen molar-refractivity contribution < 1.29 is 45.6 Å². The average Bonchev–Trinajstić information content (AvgIpc) is 3.15. The fourth-order valence-electron chi connectivity index (χ4n) is 6.39. The Morgan fingerprint density at radius 3 is 1.28 bits per heavy atom. The second kappa shape index (κ2) is 27.0.